The van der Waals surface area contributed by atoms with Crippen LogP contribution in [0.15, 0.2) is 59.5 Å². The molecule has 0 aromatic heterocycles. The lowest BCUT2D eigenvalue weighted by atomic mass is 10.3. The van der Waals surface area contributed by atoms with E-state index >= 15 is 0 Å². The number of anilines is 2. The number of carbonyl (C=O) groups excluding carboxylic acids is 1. The Morgan fingerprint density at radius 3 is 2.07 bits per heavy atom. The molecule has 0 aliphatic rings. The van der Waals surface area contributed by atoms with Crippen LogP contribution < -0.4 is 9.62 Å². The zero-order chi connectivity index (χ0) is 20.6. The first-order valence-electron chi connectivity index (χ1n) is 9.07. The average molecular weight is 407 g/mol. The lowest BCUT2D eigenvalue weighted by molar-refractivity contribution is -0.128. The Labute approximate surface area is 166 Å². The molecule has 152 valence electrons. The van der Waals surface area contributed by atoms with Crippen molar-refractivity contribution in [2.24, 2.45) is 0 Å². The lowest BCUT2D eigenvalue weighted by Gasteiger charge is -2.28. The molecule has 7 nitrogen and oxygen atoms in total. The summed E-state index contributed by atoms with van der Waals surface area (Å²) in [4.78, 5) is 11.3. The van der Waals surface area contributed by atoms with Gasteiger partial charge in [0, 0.05) is 25.8 Å². The van der Waals surface area contributed by atoms with E-state index in [9.17, 15) is 13.2 Å². The third kappa shape index (κ3) is 5.79. The van der Waals surface area contributed by atoms with Gasteiger partial charge in [0.2, 0.25) is 5.91 Å². The van der Waals surface area contributed by atoms with Crippen molar-refractivity contribution in [2.45, 2.75) is 32.0 Å². The molecule has 28 heavy (non-hydrogen) atoms. The van der Waals surface area contributed by atoms with E-state index in [-0.39, 0.29) is 17.3 Å². The Morgan fingerprint density at radius 1 is 1.00 bits per heavy atom. The van der Waals surface area contributed by atoms with Gasteiger partial charge in [0.15, 0.2) is 6.29 Å². The summed E-state index contributed by atoms with van der Waals surface area (Å²) in [6.45, 7) is 5.87. The Balaban J connectivity index is 2.39. The Kier molecular flexibility index (Phi) is 7.98. The maximum atomic E-state index is 13.3. The molecule has 2 aromatic rings. The SMILES string of the molecule is CCOC(CN(c1ccccc1)S(=O)(=O)c1ccc(NC(C)=O)cc1)OCC. The molecular weight excluding hydrogens is 380 g/mol. The van der Waals surface area contributed by atoms with E-state index in [1.165, 1.54) is 23.4 Å². The maximum absolute atomic E-state index is 13.3. The molecule has 8 heteroatoms. The molecule has 0 heterocycles. The highest BCUT2D eigenvalue weighted by atomic mass is 32.2. The molecule has 0 aliphatic heterocycles. The molecule has 0 saturated carbocycles. The third-order valence-corrected chi connectivity index (χ3v) is 5.63. The summed E-state index contributed by atoms with van der Waals surface area (Å²) in [7, 11) is -3.87. The molecule has 2 rings (SSSR count). The number of benzene rings is 2. The minimum absolute atomic E-state index is 0.0154. The van der Waals surface area contributed by atoms with Crippen LogP contribution in [0.4, 0.5) is 11.4 Å². The van der Waals surface area contributed by atoms with Crippen molar-refractivity contribution in [1.82, 2.24) is 0 Å². The summed E-state index contributed by atoms with van der Waals surface area (Å²) >= 11 is 0. The van der Waals surface area contributed by atoms with Crippen molar-refractivity contribution in [3.63, 3.8) is 0 Å². The van der Waals surface area contributed by atoms with Crippen molar-refractivity contribution < 1.29 is 22.7 Å². The average Bonchev–Trinajstić information content (AvgIpc) is 2.67. The number of sulfonamides is 1. The van der Waals surface area contributed by atoms with Crippen molar-refractivity contribution in [3.8, 4) is 0 Å². The summed E-state index contributed by atoms with van der Waals surface area (Å²) in [5.41, 5.74) is 1.04. The quantitative estimate of drug-likeness (QED) is 0.612. The number of hydrogen-bond donors (Lipinski definition) is 1. The van der Waals surface area contributed by atoms with Crippen LogP contribution in [0, 0.1) is 0 Å². The van der Waals surface area contributed by atoms with Crippen molar-refractivity contribution in [3.05, 3.63) is 54.6 Å². The second kappa shape index (κ2) is 10.2. The molecule has 0 saturated heterocycles. The van der Waals surface area contributed by atoms with Gasteiger partial charge in [-0.25, -0.2) is 8.42 Å². The topological polar surface area (TPSA) is 84.9 Å². The van der Waals surface area contributed by atoms with E-state index in [1.54, 1.807) is 36.4 Å². The highest BCUT2D eigenvalue weighted by Gasteiger charge is 2.28. The van der Waals surface area contributed by atoms with Crippen molar-refractivity contribution in [1.29, 1.82) is 0 Å². The maximum Gasteiger partial charge on any atom is 0.264 e. The molecule has 0 spiro atoms. The fourth-order valence-corrected chi connectivity index (χ4v) is 4.09. The van der Waals surface area contributed by atoms with E-state index in [4.69, 9.17) is 9.47 Å². The molecule has 0 aliphatic carbocycles. The van der Waals surface area contributed by atoms with Gasteiger partial charge in [0.25, 0.3) is 10.0 Å². The van der Waals surface area contributed by atoms with E-state index in [2.05, 4.69) is 5.32 Å². The minimum Gasteiger partial charge on any atom is -0.351 e. The van der Waals surface area contributed by atoms with E-state index < -0.39 is 16.3 Å². The van der Waals surface area contributed by atoms with Gasteiger partial charge in [0.1, 0.15) is 0 Å². The van der Waals surface area contributed by atoms with E-state index in [0.29, 0.717) is 24.6 Å². The predicted octanol–water partition coefficient (Wildman–Crippen LogP) is 3.24. The number of amides is 1. The highest BCUT2D eigenvalue weighted by Crippen LogP contribution is 2.25. The summed E-state index contributed by atoms with van der Waals surface area (Å²) in [6.07, 6.45) is -0.691. The summed E-state index contributed by atoms with van der Waals surface area (Å²) in [5.74, 6) is -0.224. The van der Waals surface area contributed by atoms with Gasteiger partial charge in [-0.15, -0.1) is 0 Å². The van der Waals surface area contributed by atoms with E-state index in [1.807, 2.05) is 19.9 Å². The molecule has 0 fully saturated rings. The van der Waals surface area contributed by atoms with Gasteiger partial charge in [0.05, 0.1) is 17.1 Å². The zero-order valence-corrected chi connectivity index (χ0v) is 17.1. The van der Waals surface area contributed by atoms with Crippen LogP contribution in [0.5, 0.6) is 0 Å². The standard InChI is InChI=1S/C20H26N2O5S/c1-4-26-20(27-5-2)15-22(18-9-7-6-8-10-18)28(24,25)19-13-11-17(12-14-19)21-16(3)23/h6-14,20H,4-5,15H2,1-3H3,(H,21,23). The number of hydrogen-bond acceptors (Lipinski definition) is 5. The third-order valence-electron chi connectivity index (χ3n) is 3.83. The molecule has 1 amide bonds. The Hall–Kier alpha value is -2.42. The molecule has 2 aromatic carbocycles. The Morgan fingerprint density at radius 2 is 1.57 bits per heavy atom. The summed E-state index contributed by atoms with van der Waals surface area (Å²) in [6, 6.07) is 14.8. The van der Waals surface area contributed by atoms with Crippen LogP contribution in [-0.4, -0.2) is 40.4 Å². The van der Waals surface area contributed by atoms with Gasteiger partial charge in [-0.2, -0.15) is 0 Å². The number of nitrogens with one attached hydrogen (secondary N) is 1. The molecule has 0 unspecified atom stereocenters. The van der Waals surface area contributed by atoms with Crippen LogP contribution in [0.25, 0.3) is 0 Å². The minimum atomic E-state index is -3.87. The van der Waals surface area contributed by atoms with Crippen LogP contribution in [0.3, 0.4) is 0 Å². The fraction of sp³-hybridized carbons (Fsp3) is 0.350. The number of carbonyl (C=O) groups is 1. The summed E-state index contributed by atoms with van der Waals surface area (Å²) < 4.78 is 39.1. The van der Waals surface area contributed by atoms with Gasteiger partial charge < -0.3 is 14.8 Å². The predicted molar refractivity (Wildman–Crippen MR) is 109 cm³/mol. The van der Waals surface area contributed by atoms with Gasteiger partial charge >= 0.3 is 0 Å². The first-order valence-corrected chi connectivity index (χ1v) is 10.5. The lowest BCUT2D eigenvalue weighted by Crippen LogP contribution is -2.40. The highest BCUT2D eigenvalue weighted by molar-refractivity contribution is 7.92. The number of rotatable bonds is 10. The number of nitrogens with zero attached hydrogens (tertiary/aromatic N) is 1. The smallest absolute Gasteiger partial charge is 0.264 e. The molecule has 0 radical (unpaired) electrons. The second-order valence-electron chi connectivity index (χ2n) is 5.92. The number of para-hydroxylation sites is 1. The molecule has 0 bridgehead atoms. The van der Waals surface area contributed by atoms with Crippen LogP contribution in [0.2, 0.25) is 0 Å². The number of ether oxygens (including phenoxy) is 2. The normalized spacial score (nSPS) is 11.4. The van der Waals surface area contributed by atoms with Gasteiger partial charge in [-0.05, 0) is 50.2 Å². The van der Waals surface area contributed by atoms with Crippen LogP contribution in [-0.2, 0) is 24.3 Å². The van der Waals surface area contributed by atoms with Gasteiger partial charge in [-0.1, -0.05) is 18.2 Å². The molecule has 0 atom stereocenters. The van der Waals surface area contributed by atoms with E-state index in [0.717, 1.165) is 0 Å². The first-order chi connectivity index (χ1) is 13.4. The monoisotopic (exact) mass is 406 g/mol. The molecular formula is C20H26N2O5S. The largest absolute Gasteiger partial charge is 0.351 e. The zero-order valence-electron chi connectivity index (χ0n) is 16.3. The second-order valence-corrected chi connectivity index (χ2v) is 7.78. The molecule has 1 N–H and O–H groups in total. The first kappa shape index (κ1) is 21.9. The van der Waals surface area contributed by atoms with Crippen molar-refractivity contribution in [2.75, 3.05) is 29.4 Å². The van der Waals surface area contributed by atoms with Crippen LogP contribution >= 0.6 is 0 Å². The Bertz CT molecular complexity index is 848. The van der Waals surface area contributed by atoms with Gasteiger partial charge in [-0.3, -0.25) is 9.10 Å². The van der Waals surface area contributed by atoms with Crippen LogP contribution in [0.1, 0.15) is 20.8 Å². The summed E-state index contributed by atoms with van der Waals surface area (Å²) in [5, 5.41) is 2.62. The van der Waals surface area contributed by atoms with Crippen molar-refractivity contribution >= 4 is 27.3 Å². The fourth-order valence-electron chi connectivity index (χ4n) is 2.64.